The normalized spacial score (nSPS) is 12.0. The summed E-state index contributed by atoms with van der Waals surface area (Å²) in [6.07, 6.45) is 0.743. The summed E-state index contributed by atoms with van der Waals surface area (Å²) in [5.74, 6) is 0.914. The summed E-state index contributed by atoms with van der Waals surface area (Å²) in [6.45, 7) is 4.04. The van der Waals surface area contributed by atoms with Gasteiger partial charge < -0.3 is 9.30 Å². The zero-order valence-corrected chi connectivity index (χ0v) is 9.23. The third-order valence-corrected chi connectivity index (χ3v) is 2.47. The van der Waals surface area contributed by atoms with E-state index in [4.69, 9.17) is 17.0 Å². The number of nitrogens with one attached hydrogen (secondary N) is 1. The van der Waals surface area contributed by atoms with E-state index in [1.165, 1.54) is 0 Å². The van der Waals surface area contributed by atoms with Crippen molar-refractivity contribution in [2.24, 2.45) is 7.05 Å². The first kappa shape index (κ1) is 10.4. The minimum absolute atomic E-state index is 0.200. The Morgan fingerprint density at radius 2 is 2.23 bits per heavy atom. The van der Waals surface area contributed by atoms with Gasteiger partial charge in [0.05, 0.1) is 5.60 Å². The van der Waals surface area contributed by atoms with Crippen molar-refractivity contribution in [1.82, 2.24) is 14.8 Å². The first-order valence-electron chi connectivity index (χ1n) is 4.12. The zero-order chi connectivity index (χ0) is 10.1. The largest absolute Gasteiger partial charge is 0.378 e. The maximum Gasteiger partial charge on any atom is 0.194 e. The van der Waals surface area contributed by atoms with Gasteiger partial charge in [0, 0.05) is 20.6 Å². The second kappa shape index (κ2) is 3.59. The molecule has 1 aromatic rings. The highest BCUT2D eigenvalue weighted by atomic mass is 32.1. The van der Waals surface area contributed by atoms with Crippen LogP contribution >= 0.6 is 12.2 Å². The Balaban J connectivity index is 2.86. The van der Waals surface area contributed by atoms with E-state index in [9.17, 15) is 0 Å². The monoisotopic (exact) mass is 201 g/mol. The van der Waals surface area contributed by atoms with Gasteiger partial charge in [0.1, 0.15) is 5.82 Å². The number of hydrogen-bond donors (Lipinski definition) is 1. The van der Waals surface area contributed by atoms with Crippen molar-refractivity contribution < 1.29 is 4.74 Å². The van der Waals surface area contributed by atoms with Crippen molar-refractivity contribution in [3.63, 3.8) is 0 Å². The molecule has 1 heterocycles. The average Bonchev–Trinajstić information content (AvgIpc) is 2.36. The number of H-pyrrole nitrogens is 1. The summed E-state index contributed by atoms with van der Waals surface area (Å²) in [7, 11) is 3.59. The highest BCUT2D eigenvalue weighted by Gasteiger charge is 2.19. The Hall–Kier alpha value is -0.680. The Morgan fingerprint density at radius 1 is 1.62 bits per heavy atom. The molecule has 0 bridgehead atoms. The highest BCUT2D eigenvalue weighted by Crippen LogP contribution is 2.13. The number of hydrogen-bond acceptors (Lipinski definition) is 3. The smallest absolute Gasteiger partial charge is 0.194 e. The molecule has 0 saturated carbocycles. The van der Waals surface area contributed by atoms with Crippen LogP contribution in [0.25, 0.3) is 0 Å². The maximum atomic E-state index is 5.30. The van der Waals surface area contributed by atoms with E-state index in [1.807, 2.05) is 25.5 Å². The van der Waals surface area contributed by atoms with Crippen molar-refractivity contribution in [1.29, 1.82) is 0 Å². The molecule has 1 aromatic heterocycles. The number of methoxy groups -OCH3 is 1. The fraction of sp³-hybridized carbons (Fsp3) is 0.750. The molecule has 74 valence electrons. The molecule has 0 fully saturated rings. The van der Waals surface area contributed by atoms with Gasteiger partial charge >= 0.3 is 0 Å². The molecule has 0 saturated heterocycles. The van der Waals surface area contributed by atoms with Crippen LogP contribution in [-0.2, 0) is 18.2 Å². The standard InChI is InChI=1S/C8H15N3OS/c1-8(2,12-4)5-6-9-10-7(13)11(6)3/h5H2,1-4H3,(H,10,13). The molecule has 0 amide bonds. The topological polar surface area (TPSA) is 42.8 Å². The molecule has 4 nitrogen and oxygen atoms in total. The lowest BCUT2D eigenvalue weighted by atomic mass is 10.1. The second-order valence-corrected chi connectivity index (χ2v) is 4.03. The van der Waals surface area contributed by atoms with Crippen LogP contribution in [0.15, 0.2) is 0 Å². The molecule has 0 aliphatic carbocycles. The minimum Gasteiger partial charge on any atom is -0.378 e. The number of rotatable bonds is 3. The molecular weight excluding hydrogens is 186 g/mol. The minimum atomic E-state index is -0.200. The summed E-state index contributed by atoms with van der Waals surface area (Å²) >= 11 is 5.00. The lowest BCUT2D eigenvalue weighted by Gasteiger charge is -2.21. The maximum absolute atomic E-state index is 5.30. The van der Waals surface area contributed by atoms with Crippen molar-refractivity contribution in [2.45, 2.75) is 25.9 Å². The molecule has 0 aliphatic heterocycles. The Morgan fingerprint density at radius 3 is 2.62 bits per heavy atom. The summed E-state index contributed by atoms with van der Waals surface area (Å²) in [5, 5.41) is 6.86. The molecule has 0 aromatic carbocycles. The van der Waals surface area contributed by atoms with Gasteiger partial charge in [0.25, 0.3) is 0 Å². The molecule has 0 aliphatic rings. The van der Waals surface area contributed by atoms with E-state index >= 15 is 0 Å². The van der Waals surface area contributed by atoms with Gasteiger partial charge in [-0.15, -0.1) is 0 Å². The first-order valence-corrected chi connectivity index (χ1v) is 4.52. The average molecular weight is 201 g/mol. The van der Waals surface area contributed by atoms with Crippen molar-refractivity contribution >= 4 is 12.2 Å². The van der Waals surface area contributed by atoms with E-state index < -0.39 is 0 Å². The Kier molecular flexibility index (Phi) is 2.87. The number of nitrogens with zero attached hydrogens (tertiary/aromatic N) is 2. The van der Waals surface area contributed by atoms with E-state index in [-0.39, 0.29) is 5.60 Å². The van der Waals surface area contributed by atoms with Gasteiger partial charge in [-0.2, -0.15) is 5.10 Å². The van der Waals surface area contributed by atoms with Crippen LogP contribution in [-0.4, -0.2) is 27.5 Å². The Labute approximate surface area is 82.9 Å². The molecule has 13 heavy (non-hydrogen) atoms. The fourth-order valence-electron chi connectivity index (χ4n) is 0.991. The van der Waals surface area contributed by atoms with Crippen molar-refractivity contribution in [3.05, 3.63) is 10.6 Å². The van der Waals surface area contributed by atoms with E-state index in [1.54, 1.807) is 7.11 Å². The SMILES string of the molecule is COC(C)(C)Cc1n[nH]c(=S)n1C. The molecular formula is C8H15N3OS. The fourth-order valence-corrected chi connectivity index (χ4v) is 1.14. The molecule has 5 heteroatoms. The summed E-state index contributed by atoms with van der Waals surface area (Å²) in [5.41, 5.74) is -0.200. The van der Waals surface area contributed by atoms with Gasteiger partial charge in [-0.1, -0.05) is 0 Å². The number of aromatic amines is 1. The zero-order valence-electron chi connectivity index (χ0n) is 8.42. The molecule has 1 rings (SSSR count). The first-order chi connectivity index (χ1) is 5.96. The molecule has 0 unspecified atom stereocenters. The van der Waals surface area contributed by atoms with Crippen LogP contribution in [0.2, 0.25) is 0 Å². The van der Waals surface area contributed by atoms with Crippen LogP contribution in [0.1, 0.15) is 19.7 Å². The quantitative estimate of drug-likeness (QED) is 0.753. The third kappa shape index (κ3) is 2.38. The Bertz CT molecular complexity index is 339. The molecule has 0 spiro atoms. The van der Waals surface area contributed by atoms with E-state index in [2.05, 4.69) is 10.2 Å². The lowest BCUT2D eigenvalue weighted by molar-refractivity contribution is 0.0210. The summed E-state index contributed by atoms with van der Waals surface area (Å²) in [4.78, 5) is 0. The molecule has 1 N–H and O–H groups in total. The predicted octanol–water partition coefficient (Wildman–Crippen LogP) is 1.45. The molecule has 0 radical (unpaired) electrons. The van der Waals surface area contributed by atoms with Gasteiger partial charge in [-0.3, -0.25) is 5.10 Å². The van der Waals surface area contributed by atoms with Crippen LogP contribution in [0.4, 0.5) is 0 Å². The van der Waals surface area contributed by atoms with Crippen molar-refractivity contribution in [2.75, 3.05) is 7.11 Å². The number of aromatic nitrogens is 3. The van der Waals surface area contributed by atoms with Gasteiger partial charge in [0.15, 0.2) is 4.77 Å². The van der Waals surface area contributed by atoms with Crippen LogP contribution in [0, 0.1) is 4.77 Å². The van der Waals surface area contributed by atoms with Crippen LogP contribution < -0.4 is 0 Å². The van der Waals surface area contributed by atoms with Crippen LogP contribution in [0.3, 0.4) is 0 Å². The van der Waals surface area contributed by atoms with Crippen LogP contribution in [0.5, 0.6) is 0 Å². The van der Waals surface area contributed by atoms with Gasteiger partial charge in [-0.05, 0) is 26.1 Å². The van der Waals surface area contributed by atoms with E-state index in [0.717, 1.165) is 12.2 Å². The van der Waals surface area contributed by atoms with Gasteiger partial charge in [-0.25, -0.2) is 0 Å². The number of ether oxygens (including phenoxy) is 1. The summed E-state index contributed by atoms with van der Waals surface area (Å²) in [6, 6.07) is 0. The highest BCUT2D eigenvalue weighted by molar-refractivity contribution is 7.71. The lowest BCUT2D eigenvalue weighted by Crippen LogP contribution is -2.27. The summed E-state index contributed by atoms with van der Waals surface area (Å²) < 4.78 is 7.80. The second-order valence-electron chi connectivity index (χ2n) is 3.64. The van der Waals surface area contributed by atoms with E-state index in [0.29, 0.717) is 4.77 Å². The van der Waals surface area contributed by atoms with Gasteiger partial charge in [0.2, 0.25) is 0 Å². The predicted molar refractivity (Wildman–Crippen MR) is 53.2 cm³/mol. The third-order valence-electron chi connectivity index (χ3n) is 2.11. The molecule has 0 atom stereocenters. The van der Waals surface area contributed by atoms with Crippen molar-refractivity contribution in [3.8, 4) is 0 Å².